The van der Waals surface area contributed by atoms with Crippen LogP contribution >= 0.6 is 12.4 Å². The summed E-state index contributed by atoms with van der Waals surface area (Å²) in [5, 5.41) is 12.3. The molecule has 2 aromatic rings. The van der Waals surface area contributed by atoms with Crippen LogP contribution in [-0.2, 0) is 25.9 Å². The van der Waals surface area contributed by atoms with Crippen LogP contribution in [0, 0.1) is 0 Å². The van der Waals surface area contributed by atoms with Gasteiger partial charge in [0.25, 0.3) is 0 Å². The lowest BCUT2D eigenvalue weighted by atomic mass is 10.0. The van der Waals surface area contributed by atoms with E-state index in [9.17, 15) is 0 Å². The molecule has 0 aromatic carbocycles. The second kappa shape index (κ2) is 4.51. The molecule has 0 bridgehead atoms. The van der Waals surface area contributed by atoms with E-state index < -0.39 is 0 Å². The highest BCUT2D eigenvalue weighted by molar-refractivity contribution is 5.85. The molecule has 6 heteroatoms. The van der Waals surface area contributed by atoms with Crippen molar-refractivity contribution in [3.63, 3.8) is 0 Å². The van der Waals surface area contributed by atoms with Gasteiger partial charge in [-0.1, -0.05) is 17.3 Å². The lowest BCUT2D eigenvalue weighted by Gasteiger charge is -2.12. The Morgan fingerprint density at radius 3 is 3.21 bits per heavy atom. The number of rotatable bonds is 0. The van der Waals surface area contributed by atoms with Crippen molar-refractivity contribution in [2.45, 2.75) is 25.9 Å². The summed E-state index contributed by atoms with van der Waals surface area (Å²) >= 11 is 0. The van der Waals surface area contributed by atoms with Crippen LogP contribution < -0.4 is 5.32 Å². The first-order chi connectivity index (χ1) is 8.83. The Kier molecular flexibility index (Phi) is 2.95. The number of aromatic nitrogens is 3. The monoisotopic (exact) mass is 278 g/mol. The fourth-order valence-electron chi connectivity index (χ4n) is 2.85. The van der Waals surface area contributed by atoms with Crippen molar-refractivity contribution in [2.24, 2.45) is 0 Å². The number of hydrogen-bond acceptors (Lipinski definition) is 4. The van der Waals surface area contributed by atoms with E-state index in [-0.39, 0.29) is 12.4 Å². The Bertz CT molecular complexity index is 643. The van der Waals surface area contributed by atoms with E-state index in [0.717, 1.165) is 55.0 Å². The van der Waals surface area contributed by atoms with E-state index >= 15 is 0 Å². The molecule has 0 aliphatic carbocycles. The molecule has 19 heavy (non-hydrogen) atoms. The molecule has 0 amide bonds. The summed E-state index contributed by atoms with van der Waals surface area (Å²) in [5.74, 6) is 0. The summed E-state index contributed by atoms with van der Waals surface area (Å²) in [5.41, 5.74) is 6.77. The average molecular weight is 279 g/mol. The molecule has 0 saturated heterocycles. The maximum absolute atomic E-state index is 5.14. The van der Waals surface area contributed by atoms with Gasteiger partial charge in [0.15, 0.2) is 0 Å². The largest absolute Gasteiger partial charge is 0.364 e. The van der Waals surface area contributed by atoms with E-state index in [0.29, 0.717) is 0 Å². The van der Waals surface area contributed by atoms with Gasteiger partial charge in [-0.05, 0) is 0 Å². The zero-order valence-corrected chi connectivity index (χ0v) is 11.3. The molecule has 2 aliphatic heterocycles. The van der Waals surface area contributed by atoms with Crippen molar-refractivity contribution < 1.29 is 4.52 Å². The molecule has 5 nitrogen and oxygen atoms in total. The van der Waals surface area contributed by atoms with Gasteiger partial charge in [0.1, 0.15) is 12.0 Å². The third-order valence-corrected chi connectivity index (χ3v) is 3.66. The SMILES string of the molecule is C=C1Cc2conc2-c2c3c(nn2C1)CCNC3.Cl. The fourth-order valence-corrected chi connectivity index (χ4v) is 2.85. The number of nitrogens with zero attached hydrogens (tertiary/aromatic N) is 3. The van der Waals surface area contributed by atoms with Gasteiger partial charge in [-0.3, -0.25) is 4.68 Å². The molecule has 1 N–H and O–H groups in total. The van der Waals surface area contributed by atoms with Gasteiger partial charge < -0.3 is 9.84 Å². The lowest BCUT2D eigenvalue weighted by molar-refractivity contribution is 0.420. The Labute approximate surface area is 117 Å². The van der Waals surface area contributed by atoms with Crippen molar-refractivity contribution in [3.05, 3.63) is 35.2 Å². The molecule has 0 saturated carbocycles. The maximum atomic E-state index is 5.14. The topological polar surface area (TPSA) is 55.9 Å². The van der Waals surface area contributed by atoms with Crippen molar-refractivity contribution in [1.29, 1.82) is 0 Å². The highest BCUT2D eigenvalue weighted by atomic mass is 35.5. The van der Waals surface area contributed by atoms with Gasteiger partial charge in [0.2, 0.25) is 0 Å². The molecule has 4 rings (SSSR count). The second-order valence-corrected chi connectivity index (χ2v) is 4.97. The van der Waals surface area contributed by atoms with Crippen molar-refractivity contribution in [1.82, 2.24) is 20.3 Å². The average Bonchev–Trinajstić information content (AvgIpc) is 2.90. The number of nitrogens with one attached hydrogen (secondary N) is 1. The fraction of sp³-hybridized carbons (Fsp3) is 0.385. The normalized spacial score (nSPS) is 16.9. The zero-order chi connectivity index (χ0) is 12.1. The molecular formula is C13H15ClN4O. The minimum absolute atomic E-state index is 0. The first-order valence-electron chi connectivity index (χ1n) is 6.22. The van der Waals surface area contributed by atoms with Crippen LogP contribution in [0.2, 0.25) is 0 Å². The summed E-state index contributed by atoms with van der Waals surface area (Å²) < 4.78 is 7.17. The molecule has 2 aromatic heterocycles. The van der Waals surface area contributed by atoms with Crippen LogP contribution in [0.1, 0.15) is 16.8 Å². The van der Waals surface area contributed by atoms with Gasteiger partial charge in [-0.2, -0.15) is 5.10 Å². The summed E-state index contributed by atoms with van der Waals surface area (Å²) in [6, 6.07) is 0. The van der Waals surface area contributed by atoms with E-state index in [2.05, 4.69) is 17.1 Å². The van der Waals surface area contributed by atoms with Crippen molar-refractivity contribution in [3.8, 4) is 11.4 Å². The summed E-state index contributed by atoms with van der Waals surface area (Å²) in [6.45, 7) is 6.75. The van der Waals surface area contributed by atoms with E-state index in [1.54, 1.807) is 6.26 Å². The third kappa shape index (κ3) is 1.81. The van der Waals surface area contributed by atoms with Crippen LogP contribution in [0.15, 0.2) is 22.9 Å². The number of hydrogen-bond donors (Lipinski definition) is 1. The molecular weight excluding hydrogens is 264 g/mol. The van der Waals surface area contributed by atoms with Gasteiger partial charge in [0.05, 0.1) is 17.9 Å². The Hall–Kier alpha value is -1.59. The van der Waals surface area contributed by atoms with Crippen LogP contribution in [0.5, 0.6) is 0 Å². The number of halogens is 1. The van der Waals surface area contributed by atoms with E-state index in [1.807, 2.05) is 4.68 Å². The highest BCUT2D eigenvalue weighted by Gasteiger charge is 2.27. The van der Waals surface area contributed by atoms with Gasteiger partial charge in [0, 0.05) is 37.1 Å². The Balaban J connectivity index is 0.00000110. The molecule has 0 atom stereocenters. The molecule has 0 spiro atoms. The number of fused-ring (bicyclic) bond motifs is 5. The zero-order valence-electron chi connectivity index (χ0n) is 10.5. The quantitative estimate of drug-likeness (QED) is 0.746. The maximum Gasteiger partial charge on any atom is 0.135 e. The first kappa shape index (κ1) is 12.4. The minimum atomic E-state index is 0. The third-order valence-electron chi connectivity index (χ3n) is 3.66. The predicted octanol–water partition coefficient (Wildman–Crippen LogP) is 1.72. The highest BCUT2D eigenvalue weighted by Crippen LogP contribution is 2.33. The van der Waals surface area contributed by atoms with Crippen molar-refractivity contribution >= 4 is 12.4 Å². The van der Waals surface area contributed by atoms with Crippen LogP contribution in [0.25, 0.3) is 11.4 Å². The van der Waals surface area contributed by atoms with Crippen LogP contribution in [0.3, 0.4) is 0 Å². The van der Waals surface area contributed by atoms with Gasteiger partial charge >= 0.3 is 0 Å². The second-order valence-electron chi connectivity index (χ2n) is 4.97. The van der Waals surface area contributed by atoms with E-state index in [1.165, 1.54) is 11.3 Å². The molecule has 4 heterocycles. The van der Waals surface area contributed by atoms with Crippen molar-refractivity contribution in [2.75, 3.05) is 6.54 Å². The molecule has 0 fully saturated rings. The summed E-state index contributed by atoms with van der Waals surface area (Å²) in [6.07, 6.45) is 3.53. The Morgan fingerprint density at radius 1 is 1.42 bits per heavy atom. The van der Waals surface area contributed by atoms with Crippen LogP contribution in [0.4, 0.5) is 0 Å². The molecule has 0 radical (unpaired) electrons. The summed E-state index contributed by atoms with van der Waals surface area (Å²) in [7, 11) is 0. The first-order valence-corrected chi connectivity index (χ1v) is 6.22. The smallest absolute Gasteiger partial charge is 0.135 e. The Morgan fingerprint density at radius 2 is 2.32 bits per heavy atom. The molecule has 2 aliphatic rings. The van der Waals surface area contributed by atoms with Gasteiger partial charge in [-0.15, -0.1) is 12.4 Å². The van der Waals surface area contributed by atoms with Crippen LogP contribution in [-0.4, -0.2) is 21.5 Å². The molecule has 0 unspecified atom stereocenters. The standard InChI is InChI=1S/C13H14N4O.ClH/c1-8-4-9-7-18-16-12(9)13-10-5-14-3-2-11(10)15-17(13)6-8;/h7,14H,1-6H2;1H. The lowest BCUT2D eigenvalue weighted by Crippen LogP contribution is -2.23. The van der Waals surface area contributed by atoms with E-state index in [4.69, 9.17) is 9.62 Å². The van der Waals surface area contributed by atoms with Gasteiger partial charge in [-0.25, -0.2) is 0 Å². The summed E-state index contributed by atoms with van der Waals surface area (Å²) in [4.78, 5) is 0. The molecule has 100 valence electrons. The number of allylic oxidation sites excluding steroid dienone is 1. The minimum Gasteiger partial charge on any atom is -0.364 e. The predicted molar refractivity (Wildman–Crippen MR) is 73.2 cm³/mol.